The molecule has 0 aromatic carbocycles. The van der Waals surface area contributed by atoms with E-state index in [4.69, 9.17) is 9.72 Å². The van der Waals surface area contributed by atoms with Gasteiger partial charge >= 0.3 is 6.09 Å². The van der Waals surface area contributed by atoms with Crippen LogP contribution in [0, 0.1) is 19.3 Å². The number of hydrogen-bond donors (Lipinski definition) is 0. The highest BCUT2D eigenvalue weighted by molar-refractivity contribution is 5.73. The number of carbonyl (C=O) groups excluding carboxylic acids is 1. The monoisotopic (exact) mass is 450 g/mol. The van der Waals surface area contributed by atoms with E-state index in [-0.39, 0.29) is 6.09 Å². The molecule has 2 aliphatic heterocycles. The van der Waals surface area contributed by atoms with Gasteiger partial charge in [-0.1, -0.05) is 0 Å². The van der Waals surface area contributed by atoms with Crippen molar-refractivity contribution in [1.82, 2.24) is 24.8 Å². The Kier molecular flexibility index (Phi) is 5.95. The molecule has 0 N–H and O–H groups in total. The lowest BCUT2D eigenvalue weighted by Crippen LogP contribution is -2.58. The molecule has 4 heterocycles. The molecule has 3 fully saturated rings. The van der Waals surface area contributed by atoms with Crippen molar-refractivity contribution >= 4 is 11.9 Å². The highest BCUT2D eigenvalue weighted by Gasteiger charge is 2.51. The van der Waals surface area contributed by atoms with Crippen LogP contribution in [-0.2, 0) is 4.74 Å². The smallest absolute Gasteiger partial charge is 0.409 e. The van der Waals surface area contributed by atoms with Crippen molar-refractivity contribution in [3.8, 4) is 11.3 Å². The number of amides is 1. The van der Waals surface area contributed by atoms with E-state index in [1.807, 2.05) is 37.9 Å². The molecule has 1 spiro atoms. The van der Waals surface area contributed by atoms with Gasteiger partial charge in [-0.2, -0.15) is 0 Å². The molecule has 2 aromatic heterocycles. The van der Waals surface area contributed by atoms with Gasteiger partial charge in [-0.05, 0) is 58.2 Å². The third-order valence-electron chi connectivity index (χ3n) is 7.45. The molecular weight excluding hydrogens is 416 g/mol. The summed E-state index contributed by atoms with van der Waals surface area (Å²) in [5, 5.41) is 0. The number of aromatic nitrogens is 3. The summed E-state index contributed by atoms with van der Waals surface area (Å²) < 4.78 is 5.16. The topological polar surface area (TPSA) is 74.7 Å². The maximum absolute atomic E-state index is 12.0. The normalized spacial score (nSPS) is 22.5. The van der Waals surface area contributed by atoms with E-state index >= 15 is 0 Å². The lowest BCUT2D eigenvalue weighted by atomic mass is 9.78. The highest BCUT2D eigenvalue weighted by atomic mass is 16.6. The van der Waals surface area contributed by atoms with Gasteiger partial charge in [-0.25, -0.2) is 19.7 Å². The number of pyridine rings is 1. The zero-order valence-corrected chi connectivity index (χ0v) is 20.0. The molecule has 1 amide bonds. The summed E-state index contributed by atoms with van der Waals surface area (Å²) >= 11 is 0. The van der Waals surface area contributed by atoms with Crippen molar-refractivity contribution in [2.45, 2.75) is 46.1 Å². The molecule has 2 saturated heterocycles. The molecule has 0 bridgehead atoms. The number of rotatable bonds is 4. The quantitative estimate of drug-likeness (QED) is 0.708. The van der Waals surface area contributed by atoms with Gasteiger partial charge in [0.05, 0.1) is 12.3 Å². The summed E-state index contributed by atoms with van der Waals surface area (Å²) in [4.78, 5) is 32.7. The van der Waals surface area contributed by atoms with Crippen LogP contribution in [-0.4, -0.2) is 82.8 Å². The van der Waals surface area contributed by atoms with Gasteiger partial charge in [0.2, 0.25) is 0 Å². The summed E-state index contributed by atoms with van der Waals surface area (Å²) in [5.74, 6) is 1.80. The Labute approximate surface area is 196 Å². The number of piperazine rings is 1. The minimum absolute atomic E-state index is 0.152. The Morgan fingerprint density at radius 2 is 1.91 bits per heavy atom. The fourth-order valence-corrected chi connectivity index (χ4v) is 5.77. The van der Waals surface area contributed by atoms with Crippen LogP contribution in [0.3, 0.4) is 0 Å². The summed E-state index contributed by atoms with van der Waals surface area (Å²) in [6, 6.07) is 6.78. The first-order chi connectivity index (χ1) is 16.0. The maximum atomic E-state index is 12.0. The first-order valence-corrected chi connectivity index (χ1v) is 12.1. The van der Waals surface area contributed by atoms with Crippen LogP contribution >= 0.6 is 0 Å². The summed E-state index contributed by atoms with van der Waals surface area (Å²) in [6.07, 6.45) is 5.30. The van der Waals surface area contributed by atoms with E-state index in [0.717, 1.165) is 67.9 Å². The lowest BCUT2D eigenvalue weighted by Gasteiger charge is -2.48. The first kappa shape index (κ1) is 22.1. The molecule has 0 unspecified atom stereocenters. The van der Waals surface area contributed by atoms with Crippen molar-refractivity contribution in [3.63, 3.8) is 0 Å². The molecule has 1 aliphatic carbocycles. The standard InChI is InChI=1S/C25H34N6O2/c1-4-33-24(32)31-16-25(17-31)9-7-20(15-25)29-11-13-30(14-12-29)23-21(6-5-18(2)27-23)22-8-10-26-19(3)28-22/h5-6,8,10,20H,4,7,9,11-17H2,1-3H3/t20-/m1/s1. The van der Waals surface area contributed by atoms with Gasteiger partial charge < -0.3 is 14.5 Å². The first-order valence-electron chi connectivity index (χ1n) is 12.1. The van der Waals surface area contributed by atoms with Crippen LogP contribution in [0.5, 0.6) is 0 Å². The Morgan fingerprint density at radius 3 is 2.64 bits per heavy atom. The number of ether oxygens (including phenoxy) is 1. The van der Waals surface area contributed by atoms with Gasteiger partial charge in [0, 0.05) is 68.2 Å². The van der Waals surface area contributed by atoms with Crippen molar-refractivity contribution in [2.24, 2.45) is 5.41 Å². The number of anilines is 1. The second-order valence-corrected chi connectivity index (χ2v) is 9.79. The molecular formula is C25H34N6O2. The van der Waals surface area contributed by atoms with E-state index in [1.165, 1.54) is 19.3 Å². The van der Waals surface area contributed by atoms with E-state index in [9.17, 15) is 4.79 Å². The fraction of sp³-hybridized carbons (Fsp3) is 0.600. The Morgan fingerprint density at radius 1 is 1.12 bits per heavy atom. The van der Waals surface area contributed by atoms with Gasteiger partial charge in [-0.3, -0.25) is 4.90 Å². The summed E-state index contributed by atoms with van der Waals surface area (Å²) in [7, 11) is 0. The fourth-order valence-electron chi connectivity index (χ4n) is 5.77. The number of likely N-dealkylation sites (tertiary alicyclic amines) is 1. The molecule has 33 heavy (non-hydrogen) atoms. The third-order valence-corrected chi connectivity index (χ3v) is 7.45. The average molecular weight is 451 g/mol. The van der Waals surface area contributed by atoms with Crippen LogP contribution in [0.2, 0.25) is 0 Å². The largest absolute Gasteiger partial charge is 0.450 e. The number of carbonyl (C=O) groups is 1. The lowest BCUT2D eigenvalue weighted by molar-refractivity contribution is -0.00294. The Bertz CT molecular complexity index is 1010. The van der Waals surface area contributed by atoms with E-state index in [0.29, 0.717) is 18.1 Å². The van der Waals surface area contributed by atoms with Gasteiger partial charge in [0.15, 0.2) is 0 Å². The Hall–Kier alpha value is -2.74. The maximum Gasteiger partial charge on any atom is 0.409 e. The SMILES string of the molecule is CCOC(=O)N1CC2(CC[C@@H](N3CCN(c4nc(C)ccc4-c4ccnc(C)n4)CC3)C2)C1. The predicted molar refractivity (Wildman–Crippen MR) is 127 cm³/mol. The van der Waals surface area contributed by atoms with Crippen LogP contribution < -0.4 is 4.90 Å². The molecule has 8 nitrogen and oxygen atoms in total. The van der Waals surface area contributed by atoms with Crippen LogP contribution in [0.1, 0.15) is 37.7 Å². The molecule has 8 heteroatoms. The van der Waals surface area contributed by atoms with Crippen molar-refractivity contribution in [2.75, 3.05) is 50.8 Å². The van der Waals surface area contributed by atoms with E-state index in [1.54, 1.807) is 0 Å². The van der Waals surface area contributed by atoms with Crippen LogP contribution in [0.4, 0.5) is 10.6 Å². The van der Waals surface area contributed by atoms with Crippen molar-refractivity contribution < 1.29 is 9.53 Å². The molecule has 0 radical (unpaired) electrons. The molecule has 176 valence electrons. The molecule has 5 rings (SSSR count). The van der Waals surface area contributed by atoms with Crippen LogP contribution in [0.15, 0.2) is 24.4 Å². The minimum atomic E-state index is -0.152. The second kappa shape index (κ2) is 8.89. The highest BCUT2D eigenvalue weighted by Crippen LogP contribution is 2.47. The van der Waals surface area contributed by atoms with Crippen molar-refractivity contribution in [1.29, 1.82) is 0 Å². The van der Waals surface area contributed by atoms with Crippen molar-refractivity contribution in [3.05, 3.63) is 35.9 Å². The van der Waals surface area contributed by atoms with Gasteiger partial charge in [-0.15, -0.1) is 0 Å². The van der Waals surface area contributed by atoms with Gasteiger partial charge in [0.1, 0.15) is 11.6 Å². The average Bonchev–Trinajstić information content (AvgIpc) is 3.24. The zero-order chi connectivity index (χ0) is 23.0. The second-order valence-electron chi connectivity index (χ2n) is 9.79. The van der Waals surface area contributed by atoms with E-state index in [2.05, 4.69) is 31.9 Å². The predicted octanol–water partition coefficient (Wildman–Crippen LogP) is 3.29. The number of aryl methyl sites for hydroxylation is 2. The third kappa shape index (κ3) is 4.40. The summed E-state index contributed by atoms with van der Waals surface area (Å²) in [6.45, 7) is 12.0. The Balaban J connectivity index is 1.21. The van der Waals surface area contributed by atoms with E-state index < -0.39 is 0 Å². The van der Waals surface area contributed by atoms with Gasteiger partial charge in [0.25, 0.3) is 0 Å². The number of hydrogen-bond acceptors (Lipinski definition) is 7. The summed E-state index contributed by atoms with van der Waals surface area (Å²) in [5.41, 5.74) is 3.34. The zero-order valence-electron chi connectivity index (χ0n) is 20.0. The molecule has 3 aliphatic rings. The number of nitrogens with zero attached hydrogens (tertiary/aromatic N) is 6. The molecule has 1 saturated carbocycles. The van der Waals surface area contributed by atoms with Crippen LogP contribution in [0.25, 0.3) is 11.3 Å². The molecule has 2 aromatic rings. The minimum Gasteiger partial charge on any atom is -0.450 e. The molecule has 1 atom stereocenters.